The number of hydrogen-bond acceptors (Lipinski definition) is 6. The first-order chi connectivity index (χ1) is 10.4. The lowest BCUT2D eigenvalue weighted by atomic mass is 9.86. The van der Waals surface area contributed by atoms with Crippen LogP contribution in [0.25, 0.3) is 0 Å². The van der Waals surface area contributed by atoms with Crippen LogP contribution in [-0.4, -0.2) is 42.8 Å². The average molecular weight is 307 g/mol. The lowest BCUT2D eigenvalue weighted by molar-refractivity contribution is -0.569. The molecule has 1 aromatic heterocycles. The second kappa shape index (κ2) is 4.82. The Morgan fingerprint density at radius 2 is 2.09 bits per heavy atom. The van der Waals surface area contributed by atoms with Crippen molar-refractivity contribution in [3.05, 3.63) is 28.9 Å². The van der Waals surface area contributed by atoms with Gasteiger partial charge in [-0.2, -0.15) is 4.74 Å². The molecule has 2 N–H and O–H groups in total. The Kier molecular flexibility index (Phi) is 3.30. The maximum absolute atomic E-state index is 13.1. The fourth-order valence-corrected chi connectivity index (χ4v) is 3.63. The van der Waals surface area contributed by atoms with Crippen LogP contribution in [-0.2, 0) is 0 Å². The van der Waals surface area contributed by atoms with Crippen molar-refractivity contribution in [1.82, 2.24) is 5.06 Å². The molecule has 2 heterocycles. The quantitative estimate of drug-likeness (QED) is 0.360. The first-order valence-electron chi connectivity index (χ1n) is 7.48. The van der Waals surface area contributed by atoms with Crippen molar-refractivity contribution in [2.24, 2.45) is 5.16 Å². The SMILES string of the molecule is Cc1ccc(C2=[N+]([O-])C3(CCCC/C3=N/O)N(O)C2(C)C)o1. The van der Waals surface area contributed by atoms with E-state index in [-0.39, 0.29) is 0 Å². The Morgan fingerprint density at radius 1 is 1.36 bits per heavy atom. The van der Waals surface area contributed by atoms with Crippen LogP contribution in [0, 0.1) is 12.1 Å². The molecule has 1 spiro atoms. The van der Waals surface area contributed by atoms with Gasteiger partial charge in [0.1, 0.15) is 17.0 Å². The monoisotopic (exact) mass is 307 g/mol. The Labute approximate surface area is 128 Å². The maximum atomic E-state index is 13.1. The molecule has 22 heavy (non-hydrogen) atoms. The van der Waals surface area contributed by atoms with Gasteiger partial charge in [-0.15, -0.1) is 5.06 Å². The molecule has 0 radical (unpaired) electrons. The molecule has 1 saturated carbocycles. The topological polar surface area (TPSA) is 95.3 Å². The predicted molar refractivity (Wildman–Crippen MR) is 79.3 cm³/mol. The van der Waals surface area contributed by atoms with Gasteiger partial charge in [0.15, 0.2) is 5.76 Å². The summed E-state index contributed by atoms with van der Waals surface area (Å²) in [6.45, 7) is 5.31. The summed E-state index contributed by atoms with van der Waals surface area (Å²) in [5.74, 6) is 1.12. The molecule has 2 aliphatic rings. The molecule has 1 unspecified atom stereocenters. The molecule has 0 amide bonds. The molecule has 7 heteroatoms. The van der Waals surface area contributed by atoms with Gasteiger partial charge in [-0.3, -0.25) is 0 Å². The minimum atomic E-state index is -1.35. The summed E-state index contributed by atoms with van der Waals surface area (Å²) in [5.41, 5.74) is -1.68. The third-order valence-electron chi connectivity index (χ3n) is 4.74. The highest BCUT2D eigenvalue weighted by atomic mass is 16.6. The van der Waals surface area contributed by atoms with E-state index in [1.54, 1.807) is 32.9 Å². The first kappa shape index (κ1) is 15.1. The standard InChI is InChI=1S/C15H21N3O4/c1-10-7-8-11(22-10)13-14(2,3)18(21)15(17(13)20)9-5-4-6-12(15)16-19/h7-8,19,21H,4-6,9H2,1-3H3/b16-12-. The van der Waals surface area contributed by atoms with Crippen LogP contribution in [0.5, 0.6) is 0 Å². The average Bonchev–Trinajstić information content (AvgIpc) is 2.96. The molecule has 1 fully saturated rings. The second-order valence-corrected chi connectivity index (χ2v) is 6.49. The molecule has 7 nitrogen and oxygen atoms in total. The van der Waals surface area contributed by atoms with Crippen LogP contribution in [0.1, 0.15) is 51.1 Å². The lowest BCUT2D eigenvalue weighted by Gasteiger charge is -2.38. The summed E-state index contributed by atoms with van der Waals surface area (Å²) in [7, 11) is 0. The first-order valence-corrected chi connectivity index (χ1v) is 7.48. The van der Waals surface area contributed by atoms with Crippen LogP contribution in [0.4, 0.5) is 0 Å². The zero-order valence-corrected chi connectivity index (χ0v) is 13.0. The molecule has 120 valence electrons. The Morgan fingerprint density at radius 3 is 2.68 bits per heavy atom. The minimum absolute atomic E-state index is 0.294. The van der Waals surface area contributed by atoms with Gasteiger partial charge in [0.05, 0.1) is 0 Å². The number of furan rings is 1. The van der Waals surface area contributed by atoms with E-state index in [0.717, 1.165) is 22.6 Å². The number of rotatable bonds is 1. The summed E-state index contributed by atoms with van der Waals surface area (Å²) < 4.78 is 6.37. The molecule has 1 aliphatic carbocycles. The largest absolute Gasteiger partial charge is 0.622 e. The van der Waals surface area contributed by atoms with Crippen LogP contribution in [0.3, 0.4) is 0 Å². The molecule has 0 bridgehead atoms. The number of aryl methyl sites for hydroxylation is 1. The van der Waals surface area contributed by atoms with Crippen LogP contribution >= 0.6 is 0 Å². The molecule has 0 saturated heterocycles. The van der Waals surface area contributed by atoms with Gasteiger partial charge in [0.2, 0.25) is 0 Å². The predicted octanol–water partition coefficient (Wildman–Crippen LogP) is 2.47. The third-order valence-corrected chi connectivity index (χ3v) is 4.74. The molecular weight excluding hydrogens is 286 g/mol. The highest BCUT2D eigenvalue weighted by molar-refractivity contribution is 6.05. The Bertz CT molecular complexity index is 661. The van der Waals surface area contributed by atoms with E-state index in [4.69, 9.17) is 4.42 Å². The Balaban J connectivity index is 2.23. The summed E-state index contributed by atoms with van der Waals surface area (Å²) in [6.07, 6.45) is 2.49. The Hall–Kier alpha value is -1.86. The molecule has 1 aromatic rings. The van der Waals surface area contributed by atoms with Crippen molar-refractivity contribution in [3.8, 4) is 0 Å². The summed E-state index contributed by atoms with van der Waals surface area (Å²) >= 11 is 0. The zero-order valence-electron chi connectivity index (χ0n) is 13.0. The van der Waals surface area contributed by atoms with E-state index in [1.165, 1.54) is 0 Å². The molecule has 1 aliphatic heterocycles. The number of nitrogens with zero attached hydrogens (tertiary/aromatic N) is 3. The summed E-state index contributed by atoms with van der Waals surface area (Å²) in [6, 6.07) is 3.50. The highest BCUT2D eigenvalue weighted by Crippen LogP contribution is 2.42. The van der Waals surface area contributed by atoms with Gasteiger partial charge >= 0.3 is 0 Å². The van der Waals surface area contributed by atoms with Crippen LogP contribution < -0.4 is 0 Å². The van der Waals surface area contributed by atoms with Gasteiger partial charge in [-0.1, -0.05) is 5.16 Å². The van der Waals surface area contributed by atoms with E-state index in [9.17, 15) is 15.6 Å². The van der Waals surface area contributed by atoms with Gasteiger partial charge in [0, 0.05) is 6.42 Å². The number of hydroxylamine groups is 3. The smallest absolute Gasteiger partial charge is 0.294 e. The van der Waals surface area contributed by atoms with E-state index in [2.05, 4.69) is 5.16 Å². The van der Waals surface area contributed by atoms with E-state index in [1.807, 2.05) is 0 Å². The van der Waals surface area contributed by atoms with Crippen molar-refractivity contribution in [3.63, 3.8) is 0 Å². The molecular formula is C15H21N3O4. The van der Waals surface area contributed by atoms with Crippen molar-refractivity contribution in [2.75, 3.05) is 0 Å². The number of hydrogen-bond donors (Lipinski definition) is 2. The fourth-order valence-electron chi connectivity index (χ4n) is 3.63. The fraction of sp³-hybridized carbons (Fsp3) is 0.600. The van der Waals surface area contributed by atoms with Crippen molar-refractivity contribution < 1.29 is 19.6 Å². The number of oxime groups is 1. The minimum Gasteiger partial charge on any atom is -0.622 e. The maximum Gasteiger partial charge on any atom is 0.294 e. The third kappa shape index (κ3) is 1.75. The van der Waals surface area contributed by atoms with Gasteiger partial charge in [-0.25, -0.2) is 0 Å². The van der Waals surface area contributed by atoms with Crippen LogP contribution in [0.15, 0.2) is 21.7 Å². The van der Waals surface area contributed by atoms with E-state index < -0.39 is 11.2 Å². The van der Waals surface area contributed by atoms with Gasteiger partial charge in [0.25, 0.3) is 11.4 Å². The highest BCUT2D eigenvalue weighted by Gasteiger charge is 2.66. The van der Waals surface area contributed by atoms with E-state index in [0.29, 0.717) is 35.8 Å². The van der Waals surface area contributed by atoms with Crippen molar-refractivity contribution in [1.29, 1.82) is 0 Å². The second-order valence-electron chi connectivity index (χ2n) is 6.49. The summed E-state index contributed by atoms with van der Waals surface area (Å²) in [4.78, 5) is 0. The zero-order chi connectivity index (χ0) is 16.1. The molecule has 1 atom stereocenters. The van der Waals surface area contributed by atoms with E-state index >= 15 is 0 Å². The molecule has 0 aromatic carbocycles. The molecule has 3 rings (SSSR count). The van der Waals surface area contributed by atoms with Gasteiger partial charge in [-0.05, 0) is 52.2 Å². The van der Waals surface area contributed by atoms with Gasteiger partial charge < -0.3 is 20.0 Å². The lowest BCUT2D eigenvalue weighted by Crippen LogP contribution is -2.60. The normalized spacial score (nSPS) is 30.6. The van der Waals surface area contributed by atoms with Crippen LogP contribution in [0.2, 0.25) is 0 Å². The van der Waals surface area contributed by atoms with Crippen molar-refractivity contribution in [2.45, 2.75) is 57.7 Å². The summed E-state index contributed by atoms with van der Waals surface area (Å²) in [5, 5.41) is 37.6. The van der Waals surface area contributed by atoms with Crippen molar-refractivity contribution >= 4 is 11.4 Å².